The summed E-state index contributed by atoms with van der Waals surface area (Å²) in [6.45, 7) is 2.19. The van der Waals surface area contributed by atoms with Gasteiger partial charge in [-0.1, -0.05) is 0 Å². The summed E-state index contributed by atoms with van der Waals surface area (Å²) in [5, 5.41) is 0. The smallest absolute Gasteiger partial charge is 0.307 e. The van der Waals surface area contributed by atoms with Crippen molar-refractivity contribution in [3.63, 3.8) is 0 Å². The zero-order valence-electron chi connectivity index (χ0n) is 10.3. The average Bonchev–Trinajstić information content (AvgIpc) is 2.35. The van der Waals surface area contributed by atoms with Crippen LogP contribution in [0.2, 0.25) is 0 Å². The van der Waals surface area contributed by atoms with Crippen molar-refractivity contribution in [1.82, 2.24) is 9.88 Å². The second-order valence-electron chi connectivity index (χ2n) is 3.74. The molecule has 0 spiro atoms. The lowest BCUT2D eigenvalue weighted by atomic mass is 10.2. The maximum absolute atomic E-state index is 11.9. The Morgan fingerprint density at radius 2 is 2.12 bits per heavy atom. The lowest BCUT2D eigenvalue weighted by molar-refractivity contribution is -0.140. The lowest BCUT2D eigenvalue weighted by Gasteiger charge is -2.16. The number of aromatic nitrogens is 1. The zero-order chi connectivity index (χ0) is 12.8. The van der Waals surface area contributed by atoms with Crippen LogP contribution in [0.5, 0.6) is 0 Å². The minimum atomic E-state index is -0.327. The van der Waals surface area contributed by atoms with Gasteiger partial charge in [-0.15, -0.1) is 0 Å². The number of aryl methyl sites for hydroxylation is 1. The molecular weight excluding hydrogens is 220 g/mol. The van der Waals surface area contributed by atoms with Crippen molar-refractivity contribution >= 4 is 11.9 Å². The van der Waals surface area contributed by atoms with Crippen molar-refractivity contribution in [1.29, 1.82) is 0 Å². The van der Waals surface area contributed by atoms with Crippen LogP contribution in [0.25, 0.3) is 0 Å². The number of carbonyl (C=O) groups excluding carboxylic acids is 2. The van der Waals surface area contributed by atoms with E-state index in [1.807, 2.05) is 6.92 Å². The zero-order valence-corrected chi connectivity index (χ0v) is 10.3. The molecule has 5 nitrogen and oxygen atoms in total. The molecule has 0 atom stereocenters. The molecule has 1 amide bonds. The van der Waals surface area contributed by atoms with Crippen LogP contribution in [0.15, 0.2) is 18.3 Å². The first kappa shape index (κ1) is 13.2. The number of carbonyl (C=O) groups is 2. The van der Waals surface area contributed by atoms with Gasteiger partial charge in [0.15, 0.2) is 0 Å². The van der Waals surface area contributed by atoms with E-state index in [2.05, 4.69) is 9.72 Å². The molecule has 0 radical (unpaired) electrons. The number of hydrogen-bond acceptors (Lipinski definition) is 4. The molecule has 0 aliphatic rings. The molecule has 0 aromatic carbocycles. The molecule has 92 valence electrons. The molecule has 0 aliphatic carbocycles. The standard InChI is InChI=1S/C12H16N2O3/c1-9-4-5-10(8-13-9)12(16)14(2)7-6-11(15)17-3/h4-5,8H,6-7H2,1-3H3. The Morgan fingerprint density at radius 1 is 1.41 bits per heavy atom. The molecule has 1 heterocycles. The van der Waals surface area contributed by atoms with Gasteiger partial charge >= 0.3 is 5.97 Å². The maximum Gasteiger partial charge on any atom is 0.307 e. The minimum absolute atomic E-state index is 0.151. The number of hydrogen-bond donors (Lipinski definition) is 0. The van der Waals surface area contributed by atoms with Crippen LogP contribution in [0.4, 0.5) is 0 Å². The van der Waals surface area contributed by atoms with Gasteiger partial charge in [0.2, 0.25) is 0 Å². The molecule has 1 aromatic heterocycles. The molecule has 0 saturated heterocycles. The van der Waals surface area contributed by atoms with E-state index in [1.165, 1.54) is 18.2 Å². The van der Waals surface area contributed by atoms with Crippen molar-refractivity contribution < 1.29 is 14.3 Å². The lowest BCUT2D eigenvalue weighted by Crippen LogP contribution is -2.29. The molecule has 0 saturated carbocycles. The summed E-state index contributed by atoms with van der Waals surface area (Å²) in [4.78, 5) is 28.4. The van der Waals surface area contributed by atoms with Gasteiger partial charge in [-0.2, -0.15) is 0 Å². The van der Waals surface area contributed by atoms with E-state index >= 15 is 0 Å². The Labute approximate surface area is 100 Å². The molecule has 0 aliphatic heterocycles. The third kappa shape index (κ3) is 3.86. The summed E-state index contributed by atoms with van der Waals surface area (Å²) < 4.78 is 4.51. The summed E-state index contributed by atoms with van der Waals surface area (Å²) in [7, 11) is 2.97. The fraction of sp³-hybridized carbons (Fsp3) is 0.417. The fourth-order valence-corrected chi connectivity index (χ4v) is 1.28. The van der Waals surface area contributed by atoms with Gasteiger partial charge in [-0.3, -0.25) is 14.6 Å². The molecule has 0 bridgehead atoms. The van der Waals surface area contributed by atoms with E-state index in [-0.39, 0.29) is 18.3 Å². The third-order valence-electron chi connectivity index (χ3n) is 2.38. The molecule has 17 heavy (non-hydrogen) atoms. The summed E-state index contributed by atoms with van der Waals surface area (Å²) in [5.74, 6) is -0.479. The second-order valence-corrected chi connectivity index (χ2v) is 3.74. The molecule has 1 aromatic rings. The second kappa shape index (κ2) is 5.98. The van der Waals surface area contributed by atoms with E-state index in [4.69, 9.17) is 0 Å². The Bertz CT molecular complexity index is 401. The average molecular weight is 236 g/mol. The predicted molar refractivity (Wildman–Crippen MR) is 62.6 cm³/mol. The van der Waals surface area contributed by atoms with E-state index in [0.29, 0.717) is 12.1 Å². The van der Waals surface area contributed by atoms with Crippen LogP contribution in [0.3, 0.4) is 0 Å². The number of methoxy groups -OCH3 is 1. The SMILES string of the molecule is COC(=O)CCN(C)C(=O)c1ccc(C)nc1. The van der Waals surface area contributed by atoms with E-state index in [9.17, 15) is 9.59 Å². The van der Waals surface area contributed by atoms with Crippen LogP contribution in [-0.2, 0) is 9.53 Å². The van der Waals surface area contributed by atoms with Gasteiger partial charge in [0.25, 0.3) is 5.91 Å². The highest BCUT2D eigenvalue weighted by Crippen LogP contribution is 2.04. The Morgan fingerprint density at radius 3 is 2.65 bits per heavy atom. The first-order valence-corrected chi connectivity index (χ1v) is 5.29. The minimum Gasteiger partial charge on any atom is -0.469 e. The Balaban J connectivity index is 2.57. The first-order valence-electron chi connectivity index (χ1n) is 5.29. The van der Waals surface area contributed by atoms with Crippen LogP contribution in [0, 0.1) is 6.92 Å². The normalized spacial score (nSPS) is 9.82. The summed E-state index contributed by atoms with van der Waals surface area (Å²) >= 11 is 0. The van der Waals surface area contributed by atoms with Crippen molar-refractivity contribution in [3.8, 4) is 0 Å². The van der Waals surface area contributed by atoms with Crippen LogP contribution in [-0.4, -0.2) is 42.5 Å². The third-order valence-corrected chi connectivity index (χ3v) is 2.38. The molecule has 1 rings (SSSR count). The van der Waals surface area contributed by atoms with Gasteiger partial charge in [0.05, 0.1) is 19.1 Å². The molecule has 5 heteroatoms. The van der Waals surface area contributed by atoms with Crippen LogP contribution >= 0.6 is 0 Å². The predicted octanol–water partition coefficient (Wildman–Crippen LogP) is 1.03. The van der Waals surface area contributed by atoms with E-state index < -0.39 is 0 Å². The highest BCUT2D eigenvalue weighted by Gasteiger charge is 2.13. The molecular formula is C12H16N2O3. The topological polar surface area (TPSA) is 59.5 Å². The van der Waals surface area contributed by atoms with Crippen LogP contribution < -0.4 is 0 Å². The van der Waals surface area contributed by atoms with Gasteiger partial charge in [-0.25, -0.2) is 0 Å². The largest absolute Gasteiger partial charge is 0.469 e. The number of esters is 1. The van der Waals surface area contributed by atoms with Crippen molar-refractivity contribution in [2.24, 2.45) is 0 Å². The quantitative estimate of drug-likeness (QED) is 0.732. The Kier molecular flexibility index (Phi) is 4.63. The molecule has 0 N–H and O–H groups in total. The van der Waals surface area contributed by atoms with Gasteiger partial charge in [0, 0.05) is 25.5 Å². The summed E-state index contributed by atoms with van der Waals surface area (Å²) in [6, 6.07) is 3.50. The highest BCUT2D eigenvalue weighted by molar-refractivity contribution is 5.93. The van der Waals surface area contributed by atoms with Gasteiger partial charge in [0.1, 0.15) is 0 Å². The molecule has 0 unspecified atom stereocenters. The fourth-order valence-electron chi connectivity index (χ4n) is 1.28. The highest BCUT2D eigenvalue weighted by atomic mass is 16.5. The maximum atomic E-state index is 11.9. The monoisotopic (exact) mass is 236 g/mol. The van der Waals surface area contributed by atoms with Crippen molar-refractivity contribution in [2.45, 2.75) is 13.3 Å². The number of ether oxygens (including phenoxy) is 1. The van der Waals surface area contributed by atoms with Crippen molar-refractivity contribution in [2.75, 3.05) is 20.7 Å². The summed E-state index contributed by atoms with van der Waals surface area (Å²) in [5.41, 5.74) is 1.38. The van der Waals surface area contributed by atoms with Crippen molar-refractivity contribution in [3.05, 3.63) is 29.6 Å². The van der Waals surface area contributed by atoms with Gasteiger partial charge in [-0.05, 0) is 19.1 Å². The molecule has 0 fully saturated rings. The first-order chi connectivity index (χ1) is 8.04. The number of amides is 1. The number of nitrogens with zero attached hydrogens (tertiary/aromatic N) is 2. The van der Waals surface area contributed by atoms with Crippen LogP contribution in [0.1, 0.15) is 22.5 Å². The van der Waals surface area contributed by atoms with E-state index in [1.54, 1.807) is 19.2 Å². The summed E-state index contributed by atoms with van der Waals surface area (Å²) in [6.07, 6.45) is 1.73. The van der Waals surface area contributed by atoms with Gasteiger partial charge < -0.3 is 9.64 Å². The Hall–Kier alpha value is -1.91. The van der Waals surface area contributed by atoms with E-state index in [0.717, 1.165) is 5.69 Å². The number of pyridine rings is 1. The number of rotatable bonds is 4.